The van der Waals surface area contributed by atoms with Gasteiger partial charge < -0.3 is 10.2 Å². The molecule has 3 rings (SSSR count). The van der Waals surface area contributed by atoms with E-state index < -0.39 is 0 Å². The van der Waals surface area contributed by atoms with Crippen LogP contribution in [0.3, 0.4) is 0 Å². The van der Waals surface area contributed by atoms with Crippen LogP contribution in [0.1, 0.15) is 32.3 Å². The number of aromatic nitrogens is 1. The molecule has 116 valence electrons. The van der Waals surface area contributed by atoms with Crippen molar-refractivity contribution in [3.8, 4) is 0 Å². The first kappa shape index (κ1) is 14.8. The Hall–Kier alpha value is -1.13. The number of nitrogens with zero attached hydrogens (tertiary/aromatic N) is 3. The highest BCUT2D eigenvalue weighted by Gasteiger charge is 2.30. The minimum absolute atomic E-state index is 0.694. The monoisotopic (exact) mass is 288 g/mol. The van der Waals surface area contributed by atoms with Crippen LogP contribution in [0.25, 0.3) is 0 Å². The molecule has 1 atom stereocenters. The second-order valence-electron chi connectivity index (χ2n) is 6.83. The van der Waals surface area contributed by atoms with Crippen LogP contribution in [-0.4, -0.2) is 48.6 Å². The molecule has 2 aliphatic rings. The highest BCUT2D eigenvalue weighted by molar-refractivity contribution is 5.40. The van der Waals surface area contributed by atoms with Crippen LogP contribution < -0.4 is 10.2 Å². The molecule has 2 fully saturated rings. The molecule has 0 saturated carbocycles. The SMILES string of the molecule is CC(C)CNCc1ccc(N2CCN3CCCC3C2)nc1. The van der Waals surface area contributed by atoms with Gasteiger partial charge >= 0.3 is 0 Å². The van der Waals surface area contributed by atoms with E-state index in [1.807, 2.05) is 6.20 Å². The van der Waals surface area contributed by atoms with E-state index in [4.69, 9.17) is 0 Å². The molecule has 0 aromatic carbocycles. The second kappa shape index (κ2) is 6.75. The Morgan fingerprint density at radius 1 is 1.29 bits per heavy atom. The third-order valence-electron chi connectivity index (χ3n) is 4.60. The molecule has 21 heavy (non-hydrogen) atoms. The van der Waals surface area contributed by atoms with Crippen molar-refractivity contribution in [3.05, 3.63) is 23.9 Å². The van der Waals surface area contributed by atoms with Gasteiger partial charge in [0.1, 0.15) is 5.82 Å². The topological polar surface area (TPSA) is 31.4 Å². The van der Waals surface area contributed by atoms with Crippen molar-refractivity contribution in [1.29, 1.82) is 0 Å². The maximum absolute atomic E-state index is 4.68. The molecule has 0 radical (unpaired) electrons. The van der Waals surface area contributed by atoms with E-state index in [9.17, 15) is 0 Å². The highest BCUT2D eigenvalue weighted by atomic mass is 15.3. The summed E-state index contributed by atoms with van der Waals surface area (Å²) in [6, 6.07) is 5.17. The molecule has 0 amide bonds. The molecule has 3 heterocycles. The molecule has 4 heteroatoms. The average Bonchev–Trinajstić information content (AvgIpc) is 2.95. The maximum atomic E-state index is 4.68. The first-order valence-electron chi connectivity index (χ1n) is 8.37. The van der Waals surface area contributed by atoms with Crippen LogP contribution in [0.5, 0.6) is 0 Å². The summed E-state index contributed by atoms with van der Waals surface area (Å²) in [6.45, 7) is 11.2. The summed E-state index contributed by atoms with van der Waals surface area (Å²) >= 11 is 0. The standard InChI is InChI=1S/C17H28N4/c1-14(2)10-18-11-15-5-6-17(19-12-15)21-9-8-20-7-3-4-16(20)13-21/h5-6,12,14,16,18H,3-4,7-11,13H2,1-2H3. The zero-order valence-electron chi connectivity index (χ0n) is 13.4. The molecule has 0 spiro atoms. The van der Waals surface area contributed by atoms with Gasteiger partial charge in [0, 0.05) is 38.4 Å². The number of anilines is 1. The van der Waals surface area contributed by atoms with Crippen molar-refractivity contribution in [1.82, 2.24) is 15.2 Å². The zero-order valence-corrected chi connectivity index (χ0v) is 13.4. The smallest absolute Gasteiger partial charge is 0.128 e. The number of piperazine rings is 1. The first-order chi connectivity index (χ1) is 10.2. The summed E-state index contributed by atoms with van der Waals surface area (Å²) in [5, 5.41) is 3.47. The molecular weight excluding hydrogens is 260 g/mol. The van der Waals surface area contributed by atoms with E-state index in [0.29, 0.717) is 5.92 Å². The number of hydrogen-bond donors (Lipinski definition) is 1. The maximum Gasteiger partial charge on any atom is 0.128 e. The largest absolute Gasteiger partial charge is 0.354 e. The van der Waals surface area contributed by atoms with Crippen LogP contribution in [0.15, 0.2) is 18.3 Å². The lowest BCUT2D eigenvalue weighted by Crippen LogP contribution is -2.50. The van der Waals surface area contributed by atoms with Gasteiger partial charge in [-0.1, -0.05) is 19.9 Å². The van der Waals surface area contributed by atoms with Gasteiger partial charge in [-0.15, -0.1) is 0 Å². The lowest BCUT2D eigenvalue weighted by molar-refractivity contribution is 0.230. The van der Waals surface area contributed by atoms with E-state index in [1.54, 1.807) is 0 Å². The minimum atomic E-state index is 0.694. The molecular formula is C17H28N4. The van der Waals surface area contributed by atoms with Crippen molar-refractivity contribution < 1.29 is 0 Å². The van der Waals surface area contributed by atoms with Crippen LogP contribution >= 0.6 is 0 Å². The van der Waals surface area contributed by atoms with Crippen molar-refractivity contribution in [2.24, 2.45) is 5.92 Å². The lowest BCUT2D eigenvalue weighted by Gasteiger charge is -2.38. The quantitative estimate of drug-likeness (QED) is 0.899. The Balaban J connectivity index is 1.54. The van der Waals surface area contributed by atoms with Gasteiger partial charge in [0.2, 0.25) is 0 Å². The second-order valence-corrected chi connectivity index (χ2v) is 6.83. The Morgan fingerprint density at radius 3 is 2.95 bits per heavy atom. The lowest BCUT2D eigenvalue weighted by atomic mass is 10.1. The normalized spacial score (nSPS) is 22.8. The van der Waals surface area contributed by atoms with E-state index in [-0.39, 0.29) is 0 Å². The minimum Gasteiger partial charge on any atom is -0.354 e. The van der Waals surface area contributed by atoms with Gasteiger partial charge in [-0.2, -0.15) is 0 Å². The number of nitrogens with one attached hydrogen (secondary N) is 1. The average molecular weight is 288 g/mol. The molecule has 1 aromatic rings. The van der Waals surface area contributed by atoms with Crippen molar-refractivity contribution >= 4 is 5.82 Å². The van der Waals surface area contributed by atoms with Crippen LogP contribution in [0.2, 0.25) is 0 Å². The Bertz CT molecular complexity index is 443. The van der Waals surface area contributed by atoms with E-state index in [1.165, 1.54) is 31.5 Å². The molecule has 2 saturated heterocycles. The number of fused-ring (bicyclic) bond motifs is 1. The molecule has 1 unspecified atom stereocenters. The first-order valence-corrected chi connectivity index (χ1v) is 8.37. The summed E-state index contributed by atoms with van der Waals surface area (Å²) in [5.41, 5.74) is 1.28. The fourth-order valence-electron chi connectivity index (χ4n) is 3.41. The van der Waals surface area contributed by atoms with Gasteiger partial charge in [-0.25, -0.2) is 4.98 Å². The third-order valence-corrected chi connectivity index (χ3v) is 4.60. The Morgan fingerprint density at radius 2 is 2.19 bits per heavy atom. The van der Waals surface area contributed by atoms with Crippen LogP contribution in [0.4, 0.5) is 5.82 Å². The Kier molecular flexibility index (Phi) is 4.76. The molecule has 1 N–H and O–H groups in total. The molecule has 1 aromatic heterocycles. The van der Waals surface area contributed by atoms with Crippen molar-refractivity contribution in [2.75, 3.05) is 37.6 Å². The number of hydrogen-bond acceptors (Lipinski definition) is 4. The van der Waals surface area contributed by atoms with Gasteiger partial charge in [0.15, 0.2) is 0 Å². The molecule has 0 aliphatic carbocycles. The summed E-state index contributed by atoms with van der Waals surface area (Å²) in [7, 11) is 0. The molecule has 4 nitrogen and oxygen atoms in total. The predicted molar refractivity (Wildman–Crippen MR) is 87.6 cm³/mol. The van der Waals surface area contributed by atoms with Crippen molar-refractivity contribution in [2.45, 2.75) is 39.3 Å². The summed E-state index contributed by atoms with van der Waals surface area (Å²) in [4.78, 5) is 9.78. The van der Waals surface area contributed by atoms with Crippen LogP contribution in [-0.2, 0) is 6.54 Å². The number of pyridine rings is 1. The summed E-state index contributed by atoms with van der Waals surface area (Å²) < 4.78 is 0. The molecule has 2 aliphatic heterocycles. The zero-order chi connectivity index (χ0) is 14.7. The van der Waals surface area contributed by atoms with Gasteiger partial charge in [0.25, 0.3) is 0 Å². The summed E-state index contributed by atoms with van der Waals surface area (Å²) in [6.07, 6.45) is 4.75. The molecule has 0 bridgehead atoms. The third kappa shape index (κ3) is 3.74. The Labute approximate surface area is 128 Å². The summed E-state index contributed by atoms with van der Waals surface area (Å²) in [5.74, 6) is 1.84. The fourth-order valence-corrected chi connectivity index (χ4v) is 3.41. The van der Waals surface area contributed by atoms with E-state index in [2.05, 4.69) is 46.1 Å². The van der Waals surface area contributed by atoms with Crippen LogP contribution in [0, 0.1) is 5.92 Å². The number of rotatable bonds is 5. The highest BCUT2D eigenvalue weighted by Crippen LogP contribution is 2.24. The van der Waals surface area contributed by atoms with E-state index >= 15 is 0 Å². The van der Waals surface area contributed by atoms with Gasteiger partial charge in [-0.05, 0) is 43.5 Å². The van der Waals surface area contributed by atoms with Gasteiger partial charge in [-0.3, -0.25) is 4.90 Å². The fraction of sp³-hybridized carbons (Fsp3) is 0.706. The predicted octanol–water partition coefficient (Wildman–Crippen LogP) is 2.11. The van der Waals surface area contributed by atoms with Gasteiger partial charge in [0.05, 0.1) is 0 Å². The van der Waals surface area contributed by atoms with Crippen molar-refractivity contribution in [3.63, 3.8) is 0 Å². The van der Waals surface area contributed by atoms with E-state index in [0.717, 1.165) is 38.0 Å².